The molecule has 0 atom stereocenters. The van der Waals surface area contributed by atoms with Crippen molar-refractivity contribution in [2.75, 3.05) is 11.1 Å². The molecule has 0 fully saturated rings. The number of aryl methyl sites for hydroxylation is 1. The monoisotopic (exact) mass is 405 g/mol. The van der Waals surface area contributed by atoms with Gasteiger partial charge in [-0.2, -0.15) is 0 Å². The van der Waals surface area contributed by atoms with Crippen LogP contribution in [0.1, 0.15) is 12.5 Å². The highest BCUT2D eigenvalue weighted by Gasteiger charge is 2.13. The first-order chi connectivity index (χ1) is 14.1. The van der Waals surface area contributed by atoms with Crippen LogP contribution in [0.15, 0.2) is 70.6 Å². The number of nitrogens with one attached hydrogen (secondary N) is 2. The molecule has 0 saturated heterocycles. The summed E-state index contributed by atoms with van der Waals surface area (Å²) in [6.07, 6.45) is 0.903. The molecule has 0 aliphatic carbocycles. The van der Waals surface area contributed by atoms with E-state index < -0.39 is 0 Å². The number of thioether (sulfide) groups is 1. The number of aromatic nitrogens is 4. The second-order valence-electron chi connectivity index (χ2n) is 6.40. The first-order valence-electron chi connectivity index (χ1n) is 9.19. The van der Waals surface area contributed by atoms with Crippen molar-refractivity contribution < 1.29 is 4.79 Å². The predicted molar refractivity (Wildman–Crippen MR) is 114 cm³/mol. The van der Waals surface area contributed by atoms with Crippen LogP contribution < -0.4 is 10.9 Å². The third-order valence-electron chi connectivity index (χ3n) is 4.31. The average molecular weight is 405 g/mol. The highest BCUT2D eigenvalue weighted by molar-refractivity contribution is 7.99. The quantitative estimate of drug-likeness (QED) is 0.480. The molecular formula is C21H19N5O2S. The van der Waals surface area contributed by atoms with Crippen molar-refractivity contribution in [2.45, 2.75) is 18.5 Å². The minimum atomic E-state index is -0.271. The predicted octanol–water partition coefficient (Wildman–Crippen LogP) is 3.38. The Kier molecular flexibility index (Phi) is 5.44. The maximum absolute atomic E-state index is 12.4. The number of hydrogen-bond acceptors (Lipinski definition) is 5. The lowest BCUT2D eigenvalue weighted by molar-refractivity contribution is -0.113. The summed E-state index contributed by atoms with van der Waals surface area (Å²) < 4.78 is 1.50. The molecule has 1 amide bonds. The number of carbonyl (C=O) groups is 1. The maximum Gasteiger partial charge on any atom is 0.266 e. The zero-order chi connectivity index (χ0) is 20.2. The SMILES string of the molecule is CCc1cccc(NC(=O)CSc2nc(-c3ccccc3)nc3cc(=O)[nH]n23)c1. The summed E-state index contributed by atoms with van der Waals surface area (Å²) in [4.78, 5) is 33.2. The second kappa shape index (κ2) is 8.32. The largest absolute Gasteiger partial charge is 0.325 e. The van der Waals surface area contributed by atoms with Crippen LogP contribution in [0.3, 0.4) is 0 Å². The van der Waals surface area contributed by atoms with Gasteiger partial charge in [0, 0.05) is 17.3 Å². The van der Waals surface area contributed by atoms with Crippen molar-refractivity contribution in [1.82, 2.24) is 19.6 Å². The Labute approximate surface area is 171 Å². The third-order valence-corrected chi connectivity index (χ3v) is 5.25. The van der Waals surface area contributed by atoms with Gasteiger partial charge in [-0.05, 0) is 24.1 Å². The molecule has 0 unspecified atom stereocenters. The number of anilines is 1. The van der Waals surface area contributed by atoms with Crippen LogP contribution in [0.5, 0.6) is 0 Å². The fourth-order valence-corrected chi connectivity index (χ4v) is 3.64. The third kappa shape index (κ3) is 4.38. The molecule has 0 radical (unpaired) electrons. The van der Waals surface area contributed by atoms with Gasteiger partial charge in [0.15, 0.2) is 16.6 Å². The molecule has 2 heterocycles. The summed E-state index contributed by atoms with van der Waals surface area (Å²) in [7, 11) is 0. The lowest BCUT2D eigenvalue weighted by Gasteiger charge is -2.08. The lowest BCUT2D eigenvalue weighted by Crippen LogP contribution is -2.15. The Bertz CT molecular complexity index is 1220. The van der Waals surface area contributed by atoms with Gasteiger partial charge in [-0.15, -0.1) is 0 Å². The molecule has 0 bridgehead atoms. The molecule has 29 heavy (non-hydrogen) atoms. The van der Waals surface area contributed by atoms with Crippen molar-refractivity contribution >= 4 is 29.0 Å². The molecule has 2 aromatic carbocycles. The smallest absolute Gasteiger partial charge is 0.266 e. The Balaban J connectivity index is 1.56. The molecule has 4 aromatic rings. The molecule has 146 valence electrons. The number of nitrogens with zero attached hydrogens (tertiary/aromatic N) is 3. The number of amides is 1. The van der Waals surface area contributed by atoms with Crippen molar-refractivity contribution in [3.05, 3.63) is 76.6 Å². The molecule has 0 saturated carbocycles. The number of hydrogen-bond donors (Lipinski definition) is 2. The Morgan fingerprint density at radius 1 is 1.10 bits per heavy atom. The van der Waals surface area contributed by atoms with E-state index in [1.165, 1.54) is 22.3 Å². The first kappa shape index (κ1) is 18.9. The van der Waals surface area contributed by atoms with Crippen LogP contribution in [0.25, 0.3) is 17.0 Å². The number of carbonyl (C=O) groups excluding carboxylic acids is 1. The van der Waals surface area contributed by atoms with Crippen molar-refractivity contribution in [2.24, 2.45) is 0 Å². The summed E-state index contributed by atoms with van der Waals surface area (Å²) in [5.41, 5.74) is 2.95. The van der Waals surface area contributed by atoms with E-state index in [1.807, 2.05) is 54.6 Å². The van der Waals surface area contributed by atoms with Crippen LogP contribution in [-0.4, -0.2) is 31.2 Å². The van der Waals surface area contributed by atoms with Crippen LogP contribution in [0.4, 0.5) is 5.69 Å². The zero-order valence-electron chi connectivity index (χ0n) is 15.8. The molecule has 8 heteroatoms. The molecular weight excluding hydrogens is 386 g/mol. The summed E-state index contributed by atoms with van der Waals surface area (Å²) in [5, 5.41) is 6.07. The Morgan fingerprint density at radius 2 is 1.93 bits per heavy atom. The maximum atomic E-state index is 12.4. The Hall–Kier alpha value is -3.39. The number of rotatable bonds is 6. The number of fused-ring (bicyclic) bond motifs is 1. The van der Waals surface area contributed by atoms with Gasteiger partial charge < -0.3 is 5.32 Å². The number of benzene rings is 2. The highest BCUT2D eigenvalue weighted by Crippen LogP contribution is 2.21. The second-order valence-corrected chi connectivity index (χ2v) is 7.34. The van der Waals surface area contributed by atoms with Gasteiger partial charge in [0.1, 0.15) is 0 Å². The van der Waals surface area contributed by atoms with E-state index in [1.54, 1.807) is 0 Å². The zero-order valence-corrected chi connectivity index (χ0v) is 16.6. The van der Waals surface area contributed by atoms with Gasteiger partial charge >= 0.3 is 0 Å². The molecule has 0 aliphatic heterocycles. The molecule has 4 rings (SSSR count). The molecule has 2 aromatic heterocycles. The van der Waals surface area contributed by atoms with E-state index in [4.69, 9.17) is 0 Å². The van der Waals surface area contributed by atoms with Crippen LogP contribution >= 0.6 is 11.8 Å². The lowest BCUT2D eigenvalue weighted by atomic mass is 10.1. The standard InChI is InChI=1S/C21H19N5O2S/c1-2-14-7-6-10-16(11-14)22-19(28)13-29-21-24-20(15-8-4-3-5-9-15)23-17-12-18(27)25-26(17)21/h3-12H,2,13H2,1H3,(H,22,28)(H,25,27). The van der Waals surface area contributed by atoms with E-state index in [9.17, 15) is 9.59 Å². The van der Waals surface area contributed by atoms with E-state index in [2.05, 4.69) is 27.3 Å². The topological polar surface area (TPSA) is 92.2 Å². The minimum Gasteiger partial charge on any atom is -0.325 e. The van der Waals surface area contributed by atoms with E-state index in [0.717, 1.165) is 23.2 Å². The molecule has 0 spiro atoms. The van der Waals surface area contributed by atoms with E-state index in [0.29, 0.717) is 16.6 Å². The van der Waals surface area contributed by atoms with Gasteiger partial charge in [0.2, 0.25) is 5.91 Å². The Morgan fingerprint density at radius 3 is 2.72 bits per heavy atom. The van der Waals surface area contributed by atoms with Crippen LogP contribution in [0, 0.1) is 0 Å². The minimum absolute atomic E-state index is 0.147. The molecule has 0 aliphatic rings. The summed E-state index contributed by atoms with van der Waals surface area (Å²) in [6.45, 7) is 2.07. The van der Waals surface area contributed by atoms with E-state index in [-0.39, 0.29) is 17.2 Å². The summed E-state index contributed by atoms with van der Waals surface area (Å²) in [5.74, 6) is 0.505. The van der Waals surface area contributed by atoms with Crippen molar-refractivity contribution in [3.8, 4) is 11.4 Å². The van der Waals surface area contributed by atoms with Gasteiger partial charge in [0.05, 0.1) is 5.75 Å². The first-order valence-corrected chi connectivity index (χ1v) is 10.2. The normalized spacial score (nSPS) is 10.9. The summed E-state index contributed by atoms with van der Waals surface area (Å²) >= 11 is 1.24. The van der Waals surface area contributed by atoms with Crippen LogP contribution in [-0.2, 0) is 11.2 Å². The number of H-pyrrole nitrogens is 1. The average Bonchev–Trinajstić information content (AvgIpc) is 3.13. The summed E-state index contributed by atoms with van der Waals surface area (Å²) in [6, 6.07) is 18.7. The van der Waals surface area contributed by atoms with Crippen molar-refractivity contribution in [1.29, 1.82) is 0 Å². The molecule has 7 nitrogen and oxygen atoms in total. The molecule has 2 N–H and O–H groups in total. The van der Waals surface area contributed by atoms with E-state index >= 15 is 0 Å². The van der Waals surface area contributed by atoms with Gasteiger partial charge in [-0.25, -0.2) is 14.5 Å². The van der Waals surface area contributed by atoms with Gasteiger partial charge in [-0.1, -0.05) is 61.2 Å². The fourth-order valence-electron chi connectivity index (χ4n) is 2.89. The van der Waals surface area contributed by atoms with Gasteiger partial charge in [-0.3, -0.25) is 14.7 Å². The van der Waals surface area contributed by atoms with Crippen LogP contribution in [0.2, 0.25) is 0 Å². The van der Waals surface area contributed by atoms with Gasteiger partial charge in [0.25, 0.3) is 5.56 Å². The fraction of sp³-hybridized carbons (Fsp3) is 0.143. The highest BCUT2D eigenvalue weighted by atomic mass is 32.2. The van der Waals surface area contributed by atoms with Crippen molar-refractivity contribution in [3.63, 3.8) is 0 Å². The number of aromatic amines is 1.